The van der Waals surface area contributed by atoms with Gasteiger partial charge in [-0.25, -0.2) is 0 Å². The monoisotopic (exact) mass is 302 g/mol. The molecule has 1 aromatic carbocycles. The van der Waals surface area contributed by atoms with Gasteiger partial charge in [0.25, 0.3) is 0 Å². The van der Waals surface area contributed by atoms with Gasteiger partial charge in [-0.2, -0.15) is 0 Å². The molecule has 4 aliphatic rings. The van der Waals surface area contributed by atoms with Crippen molar-refractivity contribution in [3.05, 3.63) is 34.9 Å². The number of benzene rings is 1. The number of fused-ring (bicyclic) bond motifs is 3. The fourth-order valence-electron chi connectivity index (χ4n) is 4.96. The van der Waals surface area contributed by atoms with Crippen LogP contribution in [-0.2, 0) is 6.54 Å². The highest BCUT2D eigenvalue weighted by Crippen LogP contribution is 2.52. The predicted octanol–water partition coefficient (Wildman–Crippen LogP) is 0.893. The molecule has 1 saturated heterocycles. The van der Waals surface area contributed by atoms with E-state index in [1.807, 2.05) is 12.1 Å². The van der Waals surface area contributed by atoms with Crippen LogP contribution in [0, 0.1) is 0 Å². The molecule has 3 heterocycles. The summed E-state index contributed by atoms with van der Waals surface area (Å²) < 4.78 is 11.9. The van der Waals surface area contributed by atoms with Crippen molar-refractivity contribution in [2.24, 2.45) is 0 Å². The summed E-state index contributed by atoms with van der Waals surface area (Å²) in [6.45, 7) is 2.25. The minimum Gasteiger partial charge on any atom is -0.454 e. The highest BCUT2D eigenvalue weighted by atomic mass is 16.7. The van der Waals surface area contributed by atoms with E-state index in [0.29, 0.717) is 0 Å². The van der Waals surface area contributed by atoms with Gasteiger partial charge in [0.2, 0.25) is 6.79 Å². The summed E-state index contributed by atoms with van der Waals surface area (Å²) in [5.74, 6) is 1.48. The number of hydrogen-bond donors (Lipinski definition) is 2. The number of nitrogens with zero attached hydrogens (tertiary/aromatic N) is 1. The van der Waals surface area contributed by atoms with Crippen molar-refractivity contribution in [3.8, 4) is 11.5 Å². The molecule has 1 aromatic rings. The molecule has 1 aliphatic carbocycles. The lowest BCUT2D eigenvalue weighted by atomic mass is 9.72. The van der Waals surface area contributed by atoms with Crippen molar-refractivity contribution < 1.29 is 24.2 Å². The van der Waals surface area contributed by atoms with Gasteiger partial charge in [-0.1, -0.05) is 0 Å². The number of likely N-dealkylation sites (N-methyl/N-ethyl adjacent to an activating group) is 1. The van der Waals surface area contributed by atoms with Crippen LogP contribution in [0.25, 0.3) is 0 Å². The van der Waals surface area contributed by atoms with Crippen LogP contribution in [0.2, 0.25) is 0 Å². The molecule has 0 saturated carbocycles. The quantitative estimate of drug-likeness (QED) is 0.552. The van der Waals surface area contributed by atoms with E-state index in [1.165, 1.54) is 11.1 Å². The lowest BCUT2D eigenvalue weighted by molar-refractivity contribution is -0.935. The van der Waals surface area contributed by atoms with Crippen LogP contribution < -0.4 is 9.47 Å². The summed E-state index contributed by atoms with van der Waals surface area (Å²) in [4.78, 5) is 0. The predicted molar refractivity (Wildman–Crippen MR) is 78.6 cm³/mol. The first-order chi connectivity index (χ1) is 10.6. The Labute approximate surface area is 129 Å². The topological polar surface area (TPSA) is 58.9 Å². The Balaban J connectivity index is 1.73. The minimum absolute atomic E-state index is 0.0688. The van der Waals surface area contributed by atoms with Gasteiger partial charge in [-0.05, 0) is 29.3 Å². The molecule has 5 heteroatoms. The molecule has 3 aliphatic heterocycles. The van der Waals surface area contributed by atoms with Crippen molar-refractivity contribution in [2.45, 2.75) is 37.1 Å². The lowest BCUT2D eigenvalue weighted by Crippen LogP contribution is -2.58. The average Bonchev–Trinajstić information content (AvgIpc) is 3.06. The first-order valence-electron chi connectivity index (χ1n) is 7.90. The SMILES string of the molecule is C[N+]12CCC3=C[C@H](O)[C@@H](O)[C@H](c4cc5c(cc4C1)OCO5)[C@@H]32. The molecule has 5 atom stereocenters. The Bertz CT molecular complexity index is 700. The first kappa shape index (κ1) is 12.9. The molecule has 5 nitrogen and oxygen atoms in total. The molecule has 22 heavy (non-hydrogen) atoms. The second-order valence-corrected chi connectivity index (χ2v) is 7.21. The molecule has 116 valence electrons. The summed E-state index contributed by atoms with van der Waals surface area (Å²) in [6.07, 6.45) is 1.35. The number of ether oxygens (including phenoxy) is 2. The highest BCUT2D eigenvalue weighted by molar-refractivity contribution is 5.52. The van der Waals surface area contributed by atoms with Crippen molar-refractivity contribution in [2.75, 3.05) is 20.4 Å². The number of rotatable bonds is 0. The van der Waals surface area contributed by atoms with E-state index in [2.05, 4.69) is 13.1 Å². The molecule has 2 N–H and O–H groups in total. The molecule has 0 radical (unpaired) electrons. The third-order valence-corrected chi connectivity index (χ3v) is 5.93. The summed E-state index contributed by atoms with van der Waals surface area (Å²) in [5, 5.41) is 20.9. The molecule has 1 fully saturated rings. The van der Waals surface area contributed by atoms with Crippen molar-refractivity contribution in [1.82, 2.24) is 0 Å². The van der Waals surface area contributed by atoms with Gasteiger partial charge in [0.15, 0.2) is 11.5 Å². The number of quaternary nitrogens is 1. The van der Waals surface area contributed by atoms with Crippen LogP contribution in [0.1, 0.15) is 23.5 Å². The zero-order chi connectivity index (χ0) is 15.1. The van der Waals surface area contributed by atoms with Gasteiger partial charge in [0.1, 0.15) is 12.6 Å². The summed E-state index contributed by atoms with van der Waals surface area (Å²) in [6, 6.07) is 4.35. The maximum atomic E-state index is 10.7. The van der Waals surface area contributed by atoms with Crippen LogP contribution in [0.15, 0.2) is 23.8 Å². The van der Waals surface area contributed by atoms with Crippen LogP contribution >= 0.6 is 0 Å². The maximum absolute atomic E-state index is 10.7. The van der Waals surface area contributed by atoms with Gasteiger partial charge in [0, 0.05) is 12.0 Å². The molecule has 0 bridgehead atoms. The highest BCUT2D eigenvalue weighted by Gasteiger charge is 2.56. The maximum Gasteiger partial charge on any atom is 0.231 e. The molecule has 5 rings (SSSR count). The fourth-order valence-corrected chi connectivity index (χ4v) is 4.96. The number of aliphatic hydroxyl groups is 2. The standard InChI is InChI=1S/C17H20NO4/c1-18-3-2-9-4-12(19)17(20)15(16(9)18)11-6-14-13(21-8-22-14)5-10(11)7-18/h4-6,12,15-17,19-20H,2-3,7-8H2,1H3/q+1/t12-,15+,16+,17+,18?/m0/s1. The van der Waals surface area contributed by atoms with Gasteiger partial charge in [-0.15, -0.1) is 0 Å². The van der Waals surface area contributed by atoms with E-state index in [0.717, 1.165) is 41.1 Å². The van der Waals surface area contributed by atoms with Gasteiger partial charge < -0.3 is 24.2 Å². The third kappa shape index (κ3) is 1.49. The Kier molecular flexibility index (Phi) is 2.38. The Hall–Kier alpha value is -1.56. The average molecular weight is 302 g/mol. The minimum atomic E-state index is -0.779. The van der Waals surface area contributed by atoms with Crippen LogP contribution in [0.3, 0.4) is 0 Å². The second-order valence-electron chi connectivity index (χ2n) is 7.21. The van der Waals surface area contributed by atoms with Gasteiger partial charge >= 0.3 is 0 Å². The van der Waals surface area contributed by atoms with Crippen LogP contribution in [0.4, 0.5) is 0 Å². The van der Waals surface area contributed by atoms with Crippen LogP contribution in [0.5, 0.6) is 11.5 Å². The number of hydrogen-bond acceptors (Lipinski definition) is 4. The molecule has 0 spiro atoms. The van der Waals surface area contributed by atoms with E-state index >= 15 is 0 Å². The second kappa shape index (κ2) is 4.04. The van der Waals surface area contributed by atoms with Crippen molar-refractivity contribution in [3.63, 3.8) is 0 Å². The van der Waals surface area contributed by atoms with E-state index in [1.54, 1.807) is 0 Å². The summed E-state index contributed by atoms with van der Waals surface area (Å²) in [5.41, 5.74) is 3.62. The number of aliphatic hydroxyl groups excluding tert-OH is 2. The Morgan fingerprint density at radius 2 is 1.95 bits per heavy atom. The molecule has 0 aromatic heterocycles. The van der Waals surface area contributed by atoms with Gasteiger partial charge in [0.05, 0.1) is 31.7 Å². The Morgan fingerprint density at radius 3 is 2.77 bits per heavy atom. The van der Waals surface area contributed by atoms with E-state index in [4.69, 9.17) is 9.47 Å². The van der Waals surface area contributed by atoms with E-state index < -0.39 is 12.2 Å². The normalized spacial score (nSPS) is 41.0. The summed E-state index contributed by atoms with van der Waals surface area (Å²) in [7, 11) is 2.26. The van der Waals surface area contributed by atoms with E-state index in [9.17, 15) is 10.2 Å². The fraction of sp³-hybridized carbons (Fsp3) is 0.529. The largest absolute Gasteiger partial charge is 0.454 e. The summed E-state index contributed by atoms with van der Waals surface area (Å²) >= 11 is 0. The molecule has 1 unspecified atom stereocenters. The Morgan fingerprint density at radius 1 is 1.18 bits per heavy atom. The lowest BCUT2D eigenvalue weighted by Gasteiger charge is -2.48. The molecular weight excluding hydrogens is 282 g/mol. The van der Waals surface area contributed by atoms with Crippen molar-refractivity contribution >= 4 is 0 Å². The van der Waals surface area contributed by atoms with Crippen LogP contribution in [-0.4, -0.2) is 53.3 Å². The molecule has 0 amide bonds. The molecular formula is C17H20NO4+. The first-order valence-corrected chi connectivity index (χ1v) is 7.90. The van der Waals surface area contributed by atoms with Crippen molar-refractivity contribution in [1.29, 1.82) is 0 Å². The van der Waals surface area contributed by atoms with Gasteiger partial charge in [-0.3, -0.25) is 0 Å². The smallest absolute Gasteiger partial charge is 0.231 e. The van der Waals surface area contributed by atoms with E-state index in [-0.39, 0.29) is 18.8 Å². The zero-order valence-electron chi connectivity index (χ0n) is 12.5. The third-order valence-electron chi connectivity index (χ3n) is 5.93. The zero-order valence-corrected chi connectivity index (χ0v) is 12.5.